The van der Waals surface area contributed by atoms with E-state index in [0.717, 1.165) is 0 Å². The van der Waals surface area contributed by atoms with Crippen LogP contribution >= 0.6 is 0 Å². The molecule has 0 unspecified atom stereocenters. The molecule has 0 spiro atoms. The van der Waals surface area contributed by atoms with Gasteiger partial charge in [-0.3, -0.25) is 0 Å². The molecule has 0 fully saturated rings. The van der Waals surface area contributed by atoms with Crippen LogP contribution in [-0.2, 0) is 0 Å². The standard InChI is InChI=1S/C7H8.C4H10O.C2H4/c1-7-5-3-2-4-6-7;1-4(2)3-5;1-2/h2-6H,1H3;4-5H,3H2,1-2H3;1-2H2. The Balaban J connectivity index is 0. The lowest BCUT2D eigenvalue weighted by molar-refractivity contribution is 0.248. The van der Waals surface area contributed by atoms with Gasteiger partial charge in [-0.2, -0.15) is 0 Å². The molecule has 0 aliphatic rings. The van der Waals surface area contributed by atoms with E-state index in [9.17, 15) is 0 Å². The van der Waals surface area contributed by atoms with Gasteiger partial charge in [-0.05, 0) is 12.8 Å². The Morgan fingerprint density at radius 2 is 1.50 bits per heavy atom. The zero-order valence-electron chi connectivity index (χ0n) is 9.53. The first-order valence-electron chi connectivity index (χ1n) is 4.79. The Labute approximate surface area is 88.1 Å². The number of aliphatic hydroxyl groups is 1. The minimum absolute atomic E-state index is 0.306. The van der Waals surface area contributed by atoms with E-state index in [4.69, 9.17) is 5.11 Å². The average molecular weight is 194 g/mol. The van der Waals surface area contributed by atoms with Crippen LogP contribution < -0.4 is 0 Å². The Morgan fingerprint density at radius 1 is 1.14 bits per heavy atom. The third kappa shape index (κ3) is 13.5. The van der Waals surface area contributed by atoms with Crippen molar-refractivity contribution in [1.29, 1.82) is 0 Å². The van der Waals surface area contributed by atoms with E-state index in [1.54, 1.807) is 0 Å². The van der Waals surface area contributed by atoms with Crippen LogP contribution in [0.3, 0.4) is 0 Å². The van der Waals surface area contributed by atoms with Crippen LogP contribution in [0.15, 0.2) is 43.5 Å². The predicted molar refractivity (Wildman–Crippen MR) is 64.4 cm³/mol. The first kappa shape index (κ1) is 15.4. The van der Waals surface area contributed by atoms with Crippen molar-refractivity contribution < 1.29 is 5.11 Å². The van der Waals surface area contributed by atoms with E-state index in [1.165, 1.54) is 5.56 Å². The quantitative estimate of drug-likeness (QED) is 0.679. The molecule has 14 heavy (non-hydrogen) atoms. The number of benzene rings is 1. The molecule has 0 aliphatic heterocycles. The fraction of sp³-hybridized carbons (Fsp3) is 0.385. The van der Waals surface area contributed by atoms with E-state index < -0.39 is 0 Å². The SMILES string of the molecule is C=C.CC(C)CO.Cc1ccccc1. The van der Waals surface area contributed by atoms with Crippen LogP contribution in [0, 0.1) is 12.8 Å². The molecule has 1 heteroatoms. The molecule has 1 rings (SSSR count). The van der Waals surface area contributed by atoms with Gasteiger partial charge in [0.2, 0.25) is 0 Å². The molecule has 1 aromatic carbocycles. The van der Waals surface area contributed by atoms with E-state index >= 15 is 0 Å². The van der Waals surface area contributed by atoms with E-state index in [1.807, 2.05) is 32.0 Å². The highest BCUT2D eigenvalue weighted by Gasteiger charge is 1.81. The number of hydrogen-bond acceptors (Lipinski definition) is 1. The summed E-state index contributed by atoms with van der Waals surface area (Å²) < 4.78 is 0. The molecule has 0 aliphatic carbocycles. The van der Waals surface area contributed by atoms with Gasteiger partial charge in [0.25, 0.3) is 0 Å². The lowest BCUT2D eigenvalue weighted by Crippen LogP contribution is -1.90. The molecule has 0 aromatic heterocycles. The van der Waals surface area contributed by atoms with E-state index in [2.05, 4.69) is 32.2 Å². The third-order valence-corrected chi connectivity index (χ3v) is 1.31. The molecule has 1 aromatic rings. The maximum Gasteiger partial charge on any atom is 0.0453 e. The van der Waals surface area contributed by atoms with Gasteiger partial charge >= 0.3 is 0 Å². The molecule has 0 amide bonds. The second kappa shape index (κ2) is 11.9. The van der Waals surface area contributed by atoms with Crippen LogP contribution in [0.1, 0.15) is 19.4 Å². The summed E-state index contributed by atoms with van der Waals surface area (Å²) >= 11 is 0. The van der Waals surface area contributed by atoms with Gasteiger partial charge in [0.15, 0.2) is 0 Å². The second-order valence-electron chi connectivity index (χ2n) is 3.23. The topological polar surface area (TPSA) is 20.2 Å². The number of aliphatic hydroxyl groups excluding tert-OH is 1. The maximum atomic E-state index is 8.14. The van der Waals surface area contributed by atoms with E-state index in [-0.39, 0.29) is 0 Å². The highest BCUT2D eigenvalue weighted by Crippen LogP contribution is 1.92. The van der Waals surface area contributed by atoms with Crippen molar-refractivity contribution in [3.8, 4) is 0 Å². The molecule has 0 saturated carbocycles. The molecule has 1 nitrogen and oxygen atoms in total. The van der Waals surface area contributed by atoms with Crippen molar-refractivity contribution in [1.82, 2.24) is 0 Å². The van der Waals surface area contributed by atoms with Gasteiger partial charge in [-0.25, -0.2) is 0 Å². The molecule has 0 radical (unpaired) electrons. The Kier molecular flexibility index (Phi) is 13.1. The Morgan fingerprint density at radius 3 is 1.64 bits per heavy atom. The summed E-state index contributed by atoms with van der Waals surface area (Å²) in [7, 11) is 0. The fourth-order valence-electron chi connectivity index (χ4n) is 0.534. The number of rotatable bonds is 1. The second-order valence-corrected chi connectivity index (χ2v) is 3.23. The van der Waals surface area contributed by atoms with Crippen LogP contribution in [0.2, 0.25) is 0 Å². The van der Waals surface area contributed by atoms with Crippen LogP contribution in [0.4, 0.5) is 0 Å². The van der Waals surface area contributed by atoms with Gasteiger partial charge in [-0.15, -0.1) is 13.2 Å². The lowest BCUT2D eigenvalue weighted by Gasteiger charge is -1.90. The molecule has 80 valence electrons. The third-order valence-electron chi connectivity index (χ3n) is 1.31. The molecule has 0 bridgehead atoms. The fourth-order valence-corrected chi connectivity index (χ4v) is 0.534. The first-order valence-corrected chi connectivity index (χ1v) is 4.79. The van der Waals surface area contributed by atoms with E-state index in [0.29, 0.717) is 12.5 Å². The summed E-state index contributed by atoms with van der Waals surface area (Å²) in [4.78, 5) is 0. The highest BCUT2D eigenvalue weighted by atomic mass is 16.3. The summed E-state index contributed by atoms with van der Waals surface area (Å²) in [6, 6.07) is 10.3. The van der Waals surface area contributed by atoms with Gasteiger partial charge in [0, 0.05) is 6.61 Å². The molecular formula is C13H22O. The minimum atomic E-state index is 0.306. The average Bonchev–Trinajstić information content (AvgIpc) is 2.23. The van der Waals surface area contributed by atoms with Gasteiger partial charge in [0.1, 0.15) is 0 Å². The Hall–Kier alpha value is -1.08. The predicted octanol–water partition coefficient (Wildman–Crippen LogP) is 3.43. The zero-order valence-corrected chi connectivity index (χ0v) is 9.53. The summed E-state index contributed by atoms with van der Waals surface area (Å²) in [6.07, 6.45) is 0. The molecule has 0 atom stereocenters. The summed E-state index contributed by atoms with van der Waals surface area (Å²) in [5.41, 5.74) is 1.32. The molecule has 0 saturated heterocycles. The zero-order chi connectivity index (χ0) is 11.4. The monoisotopic (exact) mass is 194 g/mol. The van der Waals surface area contributed by atoms with Crippen molar-refractivity contribution in [3.05, 3.63) is 49.1 Å². The normalized spacial score (nSPS) is 8.07. The first-order chi connectivity index (χ1) is 6.66. The van der Waals surface area contributed by atoms with Crippen molar-refractivity contribution in [2.75, 3.05) is 6.61 Å². The van der Waals surface area contributed by atoms with Crippen molar-refractivity contribution in [2.24, 2.45) is 5.92 Å². The van der Waals surface area contributed by atoms with Crippen LogP contribution in [0.5, 0.6) is 0 Å². The summed E-state index contributed by atoms with van der Waals surface area (Å²) in [5, 5.41) is 8.14. The highest BCUT2D eigenvalue weighted by molar-refractivity contribution is 5.11. The largest absolute Gasteiger partial charge is 0.396 e. The maximum absolute atomic E-state index is 8.14. The van der Waals surface area contributed by atoms with Crippen molar-refractivity contribution >= 4 is 0 Å². The van der Waals surface area contributed by atoms with Gasteiger partial charge in [0.05, 0.1) is 0 Å². The smallest absolute Gasteiger partial charge is 0.0453 e. The van der Waals surface area contributed by atoms with Crippen molar-refractivity contribution in [2.45, 2.75) is 20.8 Å². The molecule has 0 heterocycles. The van der Waals surface area contributed by atoms with Gasteiger partial charge in [-0.1, -0.05) is 49.7 Å². The summed E-state index contributed by atoms with van der Waals surface area (Å²) in [5.74, 6) is 0.440. The summed E-state index contributed by atoms with van der Waals surface area (Å²) in [6.45, 7) is 12.3. The molecular weight excluding hydrogens is 172 g/mol. The number of hydrogen-bond donors (Lipinski definition) is 1. The Bertz CT molecular complexity index is 192. The minimum Gasteiger partial charge on any atom is -0.396 e. The molecule has 1 N–H and O–H groups in total. The van der Waals surface area contributed by atoms with Crippen LogP contribution in [0.25, 0.3) is 0 Å². The van der Waals surface area contributed by atoms with Gasteiger partial charge < -0.3 is 5.11 Å². The van der Waals surface area contributed by atoms with Crippen LogP contribution in [-0.4, -0.2) is 11.7 Å². The lowest BCUT2D eigenvalue weighted by atomic mass is 10.2. The van der Waals surface area contributed by atoms with Crippen molar-refractivity contribution in [3.63, 3.8) is 0 Å². The number of aryl methyl sites for hydroxylation is 1.